The van der Waals surface area contributed by atoms with Gasteiger partial charge >= 0.3 is 6.03 Å². The van der Waals surface area contributed by atoms with Crippen LogP contribution in [0.1, 0.15) is 22.8 Å². The van der Waals surface area contributed by atoms with Crippen molar-refractivity contribution in [2.24, 2.45) is 0 Å². The van der Waals surface area contributed by atoms with Crippen molar-refractivity contribution in [2.45, 2.75) is 19.4 Å². The zero-order valence-corrected chi connectivity index (χ0v) is 13.0. The highest BCUT2D eigenvalue weighted by atomic mass is 16.5. The molecule has 118 valence electrons. The summed E-state index contributed by atoms with van der Waals surface area (Å²) in [5.74, 6) is -0.690. The summed E-state index contributed by atoms with van der Waals surface area (Å²) in [4.78, 5) is 37.6. The van der Waals surface area contributed by atoms with Crippen molar-refractivity contribution in [3.05, 3.63) is 29.3 Å². The maximum absolute atomic E-state index is 12.6. The predicted octanol–water partition coefficient (Wildman–Crippen LogP) is 0.816. The molecule has 2 N–H and O–H groups in total. The number of methoxy groups -OCH3 is 1. The summed E-state index contributed by atoms with van der Waals surface area (Å²) in [5, 5.41) is 5.15. The van der Waals surface area contributed by atoms with Crippen molar-refractivity contribution in [3.8, 4) is 0 Å². The van der Waals surface area contributed by atoms with E-state index >= 15 is 0 Å². The van der Waals surface area contributed by atoms with Crippen molar-refractivity contribution in [1.82, 2.24) is 10.6 Å². The first-order chi connectivity index (χ1) is 10.3. The average Bonchev–Trinajstić information content (AvgIpc) is 2.69. The van der Waals surface area contributed by atoms with Crippen LogP contribution in [0.3, 0.4) is 0 Å². The van der Waals surface area contributed by atoms with E-state index in [4.69, 9.17) is 4.74 Å². The van der Waals surface area contributed by atoms with Crippen LogP contribution in [0.25, 0.3) is 0 Å². The Morgan fingerprint density at radius 1 is 1.41 bits per heavy atom. The normalized spacial score (nSPS) is 21.0. The molecular formula is C15H19N3O4. The SMILES string of the molecule is CNC(=O)c1ccc(C)c(N2C(=O)NC(C)(COC)C2=O)c1. The molecule has 1 saturated heterocycles. The van der Waals surface area contributed by atoms with E-state index in [1.165, 1.54) is 20.2 Å². The molecule has 2 rings (SSSR count). The molecule has 1 aromatic rings. The minimum atomic E-state index is -1.11. The number of hydrogen-bond acceptors (Lipinski definition) is 4. The first-order valence-corrected chi connectivity index (χ1v) is 6.82. The average molecular weight is 305 g/mol. The second-order valence-corrected chi connectivity index (χ2v) is 5.42. The third-order valence-electron chi connectivity index (χ3n) is 3.63. The van der Waals surface area contributed by atoms with Gasteiger partial charge in [-0.15, -0.1) is 0 Å². The van der Waals surface area contributed by atoms with E-state index < -0.39 is 17.5 Å². The van der Waals surface area contributed by atoms with Crippen LogP contribution in [0.15, 0.2) is 18.2 Å². The van der Waals surface area contributed by atoms with E-state index in [0.717, 1.165) is 10.5 Å². The summed E-state index contributed by atoms with van der Waals surface area (Å²) in [6.07, 6.45) is 0. The van der Waals surface area contributed by atoms with Gasteiger partial charge in [0.2, 0.25) is 0 Å². The number of carbonyl (C=O) groups is 3. The molecule has 0 aromatic heterocycles. The van der Waals surface area contributed by atoms with Gasteiger partial charge in [0.1, 0.15) is 5.54 Å². The summed E-state index contributed by atoms with van der Waals surface area (Å²) < 4.78 is 5.01. The van der Waals surface area contributed by atoms with Gasteiger partial charge in [-0.25, -0.2) is 9.69 Å². The Morgan fingerprint density at radius 2 is 2.09 bits per heavy atom. The minimum Gasteiger partial charge on any atom is -0.382 e. The van der Waals surface area contributed by atoms with Crippen LogP contribution in [0, 0.1) is 6.92 Å². The molecule has 1 heterocycles. The number of hydrogen-bond donors (Lipinski definition) is 2. The largest absolute Gasteiger partial charge is 0.382 e. The fourth-order valence-electron chi connectivity index (χ4n) is 2.43. The van der Waals surface area contributed by atoms with Gasteiger partial charge in [0.25, 0.3) is 11.8 Å². The number of imide groups is 1. The van der Waals surface area contributed by atoms with E-state index in [9.17, 15) is 14.4 Å². The molecule has 0 saturated carbocycles. The highest BCUT2D eigenvalue weighted by molar-refractivity contribution is 6.23. The smallest absolute Gasteiger partial charge is 0.329 e. The summed E-state index contributed by atoms with van der Waals surface area (Å²) in [6, 6.07) is 4.35. The van der Waals surface area contributed by atoms with Gasteiger partial charge in [-0.05, 0) is 31.5 Å². The molecule has 4 amide bonds. The Morgan fingerprint density at radius 3 is 2.68 bits per heavy atom. The van der Waals surface area contributed by atoms with Gasteiger partial charge in [0, 0.05) is 19.7 Å². The summed E-state index contributed by atoms with van der Waals surface area (Å²) in [7, 11) is 2.98. The lowest BCUT2D eigenvalue weighted by Gasteiger charge is -2.21. The molecule has 1 atom stereocenters. The van der Waals surface area contributed by atoms with Gasteiger partial charge in [-0.3, -0.25) is 9.59 Å². The Bertz CT molecular complexity index is 644. The number of nitrogens with zero attached hydrogens (tertiary/aromatic N) is 1. The molecule has 7 heteroatoms. The van der Waals surface area contributed by atoms with Gasteiger partial charge in [-0.2, -0.15) is 0 Å². The van der Waals surface area contributed by atoms with Crippen LogP contribution in [0.4, 0.5) is 10.5 Å². The molecule has 1 aromatic carbocycles. The van der Waals surface area contributed by atoms with Crippen LogP contribution < -0.4 is 15.5 Å². The second-order valence-electron chi connectivity index (χ2n) is 5.42. The molecule has 1 unspecified atom stereocenters. The molecule has 1 aliphatic rings. The highest BCUT2D eigenvalue weighted by Gasteiger charge is 2.49. The Kier molecular flexibility index (Phi) is 4.18. The zero-order valence-electron chi connectivity index (χ0n) is 13.0. The van der Waals surface area contributed by atoms with Crippen molar-refractivity contribution in [2.75, 3.05) is 25.7 Å². The Labute approximate surface area is 128 Å². The van der Waals surface area contributed by atoms with E-state index in [1.54, 1.807) is 26.0 Å². The lowest BCUT2D eigenvalue weighted by Crippen LogP contribution is -2.48. The number of aryl methyl sites for hydroxylation is 1. The van der Waals surface area contributed by atoms with Gasteiger partial charge < -0.3 is 15.4 Å². The number of amides is 4. The van der Waals surface area contributed by atoms with Gasteiger partial charge in [-0.1, -0.05) is 6.07 Å². The fourth-order valence-corrected chi connectivity index (χ4v) is 2.43. The van der Waals surface area contributed by atoms with Gasteiger partial charge in [0.15, 0.2) is 0 Å². The maximum Gasteiger partial charge on any atom is 0.329 e. The van der Waals surface area contributed by atoms with Crippen LogP contribution in [-0.2, 0) is 9.53 Å². The van der Waals surface area contributed by atoms with E-state index in [1.807, 2.05) is 0 Å². The van der Waals surface area contributed by atoms with Crippen molar-refractivity contribution in [1.29, 1.82) is 0 Å². The molecule has 1 aliphatic heterocycles. The van der Waals surface area contributed by atoms with Crippen LogP contribution in [-0.4, -0.2) is 44.1 Å². The molecule has 0 radical (unpaired) electrons. The highest BCUT2D eigenvalue weighted by Crippen LogP contribution is 2.28. The Hall–Kier alpha value is -2.41. The summed E-state index contributed by atoms with van der Waals surface area (Å²) >= 11 is 0. The molecule has 1 fully saturated rings. The van der Waals surface area contributed by atoms with Crippen molar-refractivity contribution < 1.29 is 19.1 Å². The second kappa shape index (κ2) is 5.76. The van der Waals surface area contributed by atoms with Gasteiger partial charge in [0.05, 0.1) is 12.3 Å². The number of nitrogens with one attached hydrogen (secondary N) is 2. The lowest BCUT2D eigenvalue weighted by atomic mass is 10.0. The number of urea groups is 1. The van der Waals surface area contributed by atoms with E-state index in [2.05, 4.69) is 10.6 Å². The molecular weight excluding hydrogens is 286 g/mol. The fraction of sp³-hybridized carbons (Fsp3) is 0.400. The summed E-state index contributed by atoms with van der Waals surface area (Å²) in [6.45, 7) is 3.45. The monoisotopic (exact) mass is 305 g/mol. The van der Waals surface area contributed by atoms with Crippen LogP contribution in [0.2, 0.25) is 0 Å². The number of anilines is 1. The minimum absolute atomic E-state index is 0.0717. The van der Waals surface area contributed by atoms with E-state index in [0.29, 0.717) is 11.3 Å². The quantitative estimate of drug-likeness (QED) is 0.806. The first kappa shape index (κ1) is 16.0. The van der Waals surface area contributed by atoms with Crippen LogP contribution in [0.5, 0.6) is 0 Å². The van der Waals surface area contributed by atoms with Crippen LogP contribution >= 0.6 is 0 Å². The topological polar surface area (TPSA) is 87.7 Å². The predicted molar refractivity (Wildman–Crippen MR) is 80.9 cm³/mol. The number of rotatable bonds is 4. The third kappa shape index (κ3) is 2.55. The first-order valence-electron chi connectivity index (χ1n) is 6.82. The van der Waals surface area contributed by atoms with Crippen molar-refractivity contribution >= 4 is 23.5 Å². The Balaban J connectivity index is 2.45. The number of ether oxygens (including phenoxy) is 1. The summed E-state index contributed by atoms with van der Waals surface area (Å²) in [5.41, 5.74) is 0.381. The zero-order chi connectivity index (χ0) is 16.5. The molecule has 0 bridgehead atoms. The number of carbonyl (C=O) groups excluding carboxylic acids is 3. The standard InChI is InChI=1S/C15H19N3O4/c1-9-5-6-10(12(19)16-3)7-11(9)18-13(20)15(2,8-22-4)17-14(18)21/h5-7H,8H2,1-4H3,(H,16,19)(H,17,21). The molecule has 7 nitrogen and oxygen atoms in total. The number of benzene rings is 1. The molecule has 0 aliphatic carbocycles. The molecule has 0 spiro atoms. The lowest BCUT2D eigenvalue weighted by molar-refractivity contribution is -0.123. The molecule has 22 heavy (non-hydrogen) atoms. The third-order valence-corrected chi connectivity index (χ3v) is 3.63. The van der Waals surface area contributed by atoms with Crippen molar-refractivity contribution in [3.63, 3.8) is 0 Å². The van der Waals surface area contributed by atoms with E-state index in [-0.39, 0.29) is 12.5 Å². The maximum atomic E-state index is 12.6.